The van der Waals surface area contributed by atoms with E-state index >= 15 is 0 Å². The van der Waals surface area contributed by atoms with Crippen molar-refractivity contribution in [1.29, 1.82) is 0 Å². The zero-order valence-corrected chi connectivity index (χ0v) is 11.7. The van der Waals surface area contributed by atoms with Crippen LogP contribution in [0.3, 0.4) is 0 Å². The van der Waals surface area contributed by atoms with Crippen molar-refractivity contribution >= 4 is 23.5 Å². The quantitative estimate of drug-likeness (QED) is 0.644. The average Bonchev–Trinajstić information content (AvgIpc) is 2.37. The summed E-state index contributed by atoms with van der Waals surface area (Å²) in [6, 6.07) is 6.26. The zero-order valence-electron chi connectivity index (χ0n) is 11.0. The highest BCUT2D eigenvalue weighted by Crippen LogP contribution is 2.32. The van der Waals surface area contributed by atoms with Crippen molar-refractivity contribution in [2.75, 3.05) is 6.61 Å². The van der Waals surface area contributed by atoms with Crippen molar-refractivity contribution < 1.29 is 19.4 Å². The third-order valence-electron chi connectivity index (χ3n) is 2.95. The summed E-state index contributed by atoms with van der Waals surface area (Å²) in [5, 5.41) is 10.0. The van der Waals surface area contributed by atoms with E-state index in [1.165, 1.54) is 0 Å². The lowest BCUT2D eigenvalue weighted by atomic mass is 9.76. The molecule has 1 atom stereocenters. The van der Waals surface area contributed by atoms with E-state index in [9.17, 15) is 14.7 Å². The first-order valence-electron chi connectivity index (χ1n) is 6.15. The summed E-state index contributed by atoms with van der Waals surface area (Å²) in [7, 11) is 0. The van der Waals surface area contributed by atoms with Crippen LogP contribution in [0.5, 0.6) is 0 Å². The van der Waals surface area contributed by atoms with Gasteiger partial charge in [0.2, 0.25) is 0 Å². The Balaban J connectivity index is 3.34. The summed E-state index contributed by atoms with van der Waals surface area (Å²) in [5.74, 6) is -1.93. The Bertz CT molecular complexity index is 455. The van der Waals surface area contributed by atoms with Crippen LogP contribution in [0.25, 0.3) is 0 Å². The minimum atomic E-state index is -1.66. The number of ether oxygens (including phenoxy) is 1. The maximum atomic E-state index is 12.1. The number of hydrogen-bond donors (Lipinski definition) is 1. The second-order valence-corrected chi connectivity index (χ2v) is 4.62. The van der Waals surface area contributed by atoms with E-state index in [-0.39, 0.29) is 13.0 Å². The summed E-state index contributed by atoms with van der Waals surface area (Å²) in [6.45, 7) is 3.62. The van der Waals surface area contributed by atoms with Crippen molar-refractivity contribution in [2.24, 2.45) is 0 Å². The molecule has 0 fully saturated rings. The highest BCUT2D eigenvalue weighted by atomic mass is 35.5. The van der Waals surface area contributed by atoms with Crippen LogP contribution in [0.4, 0.5) is 0 Å². The minimum Gasteiger partial charge on any atom is -0.480 e. The molecule has 19 heavy (non-hydrogen) atoms. The van der Waals surface area contributed by atoms with Crippen molar-refractivity contribution in [3.63, 3.8) is 0 Å². The molecule has 1 unspecified atom stereocenters. The van der Waals surface area contributed by atoms with Gasteiger partial charge in [0.1, 0.15) is 0 Å². The molecule has 1 aromatic carbocycles. The standard InChI is InChI=1S/C14H17ClO4/c1-3-9-14(12(16)17,13(18)19-4-2)10-5-7-11(15)8-6-10/h5-8H,3-4,9H2,1-2H3,(H,16,17). The molecular weight excluding hydrogens is 268 g/mol. The van der Waals surface area contributed by atoms with Crippen molar-refractivity contribution in [3.8, 4) is 0 Å². The minimum absolute atomic E-state index is 0.144. The van der Waals surface area contributed by atoms with Crippen LogP contribution in [0.15, 0.2) is 24.3 Å². The lowest BCUT2D eigenvalue weighted by Crippen LogP contribution is -2.45. The molecule has 0 amide bonds. The molecule has 0 saturated carbocycles. The number of carbonyl (C=O) groups is 2. The summed E-state index contributed by atoms with van der Waals surface area (Å²) in [5.41, 5.74) is -1.26. The summed E-state index contributed by atoms with van der Waals surface area (Å²) in [6.07, 6.45) is 0.733. The molecule has 0 aliphatic heterocycles. The lowest BCUT2D eigenvalue weighted by Gasteiger charge is -2.27. The summed E-state index contributed by atoms with van der Waals surface area (Å²) in [4.78, 5) is 23.8. The Hall–Kier alpha value is -1.55. The van der Waals surface area contributed by atoms with Crippen LogP contribution in [0.2, 0.25) is 5.02 Å². The maximum absolute atomic E-state index is 12.1. The maximum Gasteiger partial charge on any atom is 0.328 e. The number of carboxylic acids is 1. The smallest absolute Gasteiger partial charge is 0.328 e. The second kappa shape index (κ2) is 6.57. The van der Waals surface area contributed by atoms with Crippen molar-refractivity contribution in [1.82, 2.24) is 0 Å². The molecule has 5 heteroatoms. The fraction of sp³-hybridized carbons (Fsp3) is 0.429. The van der Waals surface area contributed by atoms with Gasteiger partial charge in [0, 0.05) is 5.02 Å². The molecule has 0 aliphatic rings. The van der Waals surface area contributed by atoms with Gasteiger partial charge in [0.15, 0.2) is 5.41 Å². The number of hydrogen-bond acceptors (Lipinski definition) is 3. The van der Waals surface area contributed by atoms with E-state index in [1.807, 2.05) is 6.92 Å². The molecule has 0 radical (unpaired) electrons. The summed E-state index contributed by atoms with van der Waals surface area (Å²) >= 11 is 5.80. The number of carboxylic acid groups (broad SMARTS) is 1. The molecule has 0 saturated heterocycles. The van der Waals surface area contributed by atoms with Crippen LogP contribution in [-0.4, -0.2) is 23.7 Å². The first kappa shape index (κ1) is 15.5. The number of benzene rings is 1. The predicted molar refractivity (Wildman–Crippen MR) is 72.3 cm³/mol. The van der Waals surface area contributed by atoms with E-state index in [1.54, 1.807) is 31.2 Å². The fourth-order valence-electron chi connectivity index (χ4n) is 2.05. The number of halogens is 1. The molecule has 0 aliphatic carbocycles. The van der Waals surface area contributed by atoms with Gasteiger partial charge in [0.25, 0.3) is 0 Å². The molecule has 1 aromatic rings. The Morgan fingerprint density at radius 2 is 1.84 bits per heavy atom. The largest absolute Gasteiger partial charge is 0.480 e. The number of carbonyl (C=O) groups excluding carboxylic acids is 1. The van der Waals surface area contributed by atoms with Gasteiger partial charge >= 0.3 is 11.9 Å². The molecule has 104 valence electrons. The van der Waals surface area contributed by atoms with Gasteiger partial charge in [-0.1, -0.05) is 37.1 Å². The predicted octanol–water partition coefficient (Wildman–Crippen LogP) is 3.03. The molecule has 1 N–H and O–H groups in total. The third kappa shape index (κ3) is 3.07. The zero-order chi connectivity index (χ0) is 14.5. The lowest BCUT2D eigenvalue weighted by molar-refractivity contribution is -0.162. The van der Waals surface area contributed by atoms with Crippen molar-refractivity contribution in [3.05, 3.63) is 34.9 Å². The Labute approximate surface area is 117 Å². The molecular formula is C14H17ClO4. The van der Waals surface area contributed by atoms with Gasteiger partial charge in [-0.3, -0.25) is 9.59 Å². The summed E-state index contributed by atoms with van der Waals surface area (Å²) < 4.78 is 4.95. The van der Waals surface area contributed by atoms with Gasteiger partial charge in [-0.05, 0) is 31.0 Å². The monoisotopic (exact) mass is 284 g/mol. The normalized spacial score (nSPS) is 13.6. The first-order chi connectivity index (χ1) is 8.98. The van der Waals surface area contributed by atoms with Gasteiger partial charge in [-0.2, -0.15) is 0 Å². The second-order valence-electron chi connectivity index (χ2n) is 4.19. The SMILES string of the molecule is CCCC(C(=O)O)(C(=O)OCC)c1ccc(Cl)cc1. The van der Waals surface area contributed by atoms with E-state index in [0.717, 1.165) is 0 Å². The average molecular weight is 285 g/mol. The van der Waals surface area contributed by atoms with Gasteiger partial charge in [0.05, 0.1) is 6.61 Å². The van der Waals surface area contributed by atoms with Crippen LogP contribution in [0, 0.1) is 0 Å². The first-order valence-corrected chi connectivity index (χ1v) is 6.53. The molecule has 0 bridgehead atoms. The van der Waals surface area contributed by atoms with E-state index in [4.69, 9.17) is 16.3 Å². The van der Waals surface area contributed by atoms with Crippen LogP contribution >= 0.6 is 11.6 Å². The molecule has 0 aromatic heterocycles. The van der Waals surface area contributed by atoms with Crippen LogP contribution in [0.1, 0.15) is 32.3 Å². The van der Waals surface area contributed by atoms with E-state index in [0.29, 0.717) is 17.0 Å². The molecule has 0 spiro atoms. The van der Waals surface area contributed by atoms with Crippen LogP contribution < -0.4 is 0 Å². The Kier molecular flexibility index (Phi) is 5.36. The topological polar surface area (TPSA) is 63.6 Å². The van der Waals surface area contributed by atoms with Gasteiger partial charge in [-0.25, -0.2) is 0 Å². The fourth-order valence-corrected chi connectivity index (χ4v) is 2.17. The molecule has 0 heterocycles. The van der Waals surface area contributed by atoms with Crippen LogP contribution in [-0.2, 0) is 19.7 Å². The van der Waals surface area contributed by atoms with Crippen molar-refractivity contribution in [2.45, 2.75) is 32.1 Å². The Morgan fingerprint density at radius 3 is 2.26 bits per heavy atom. The van der Waals surface area contributed by atoms with E-state index in [2.05, 4.69) is 0 Å². The molecule has 4 nitrogen and oxygen atoms in total. The highest BCUT2D eigenvalue weighted by Gasteiger charge is 2.48. The molecule has 1 rings (SSSR count). The number of esters is 1. The Morgan fingerprint density at radius 1 is 1.26 bits per heavy atom. The third-order valence-corrected chi connectivity index (χ3v) is 3.20. The van der Waals surface area contributed by atoms with Gasteiger partial charge in [-0.15, -0.1) is 0 Å². The number of rotatable bonds is 6. The number of aliphatic carboxylic acids is 1. The van der Waals surface area contributed by atoms with Gasteiger partial charge < -0.3 is 9.84 Å². The highest BCUT2D eigenvalue weighted by molar-refractivity contribution is 6.30. The van der Waals surface area contributed by atoms with E-state index < -0.39 is 17.4 Å².